The van der Waals surface area contributed by atoms with Crippen LogP contribution in [-0.4, -0.2) is 24.6 Å². The van der Waals surface area contributed by atoms with Gasteiger partial charge in [0, 0.05) is 23.6 Å². The lowest BCUT2D eigenvalue weighted by atomic mass is 10.1. The molecule has 3 rings (SSSR count). The highest BCUT2D eigenvalue weighted by molar-refractivity contribution is 7.13. The molecule has 0 saturated heterocycles. The lowest BCUT2D eigenvalue weighted by Crippen LogP contribution is -2.17. The zero-order valence-corrected chi connectivity index (χ0v) is 13.8. The number of nitrogens with one attached hydrogen (secondary N) is 1. The van der Waals surface area contributed by atoms with E-state index in [9.17, 15) is 9.18 Å². The number of methoxy groups -OCH3 is 1. The fraction of sp³-hybridized carbons (Fsp3) is 0.111. The molecule has 6 heteroatoms. The SMILES string of the molecule is COCC(=O)Nc1ccccc1-c1csc(-c2ccccc2F)n1. The minimum atomic E-state index is -0.305. The maximum atomic E-state index is 13.9. The van der Waals surface area contributed by atoms with Crippen molar-refractivity contribution in [3.63, 3.8) is 0 Å². The molecular weight excluding hydrogens is 327 g/mol. The lowest BCUT2D eigenvalue weighted by molar-refractivity contribution is -0.119. The molecule has 1 N–H and O–H groups in total. The zero-order chi connectivity index (χ0) is 16.9. The quantitative estimate of drug-likeness (QED) is 0.756. The Morgan fingerprint density at radius 1 is 1.17 bits per heavy atom. The Hall–Kier alpha value is -2.57. The monoisotopic (exact) mass is 342 g/mol. The highest BCUT2D eigenvalue weighted by Gasteiger charge is 2.13. The molecule has 0 aliphatic carbocycles. The summed E-state index contributed by atoms with van der Waals surface area (Å²) in [5.74, 6) is -0.547. The summed E-state index contributed by atoms with van der Waals surface area (Å²) in [4.78, 5) is 16.3. The summed E-state index contributed by atoms with van der Waals surface area (Å²) >= 11 is 1.36. The number of rotatable bonds is 5. The Kier molecular flexibility index (Phi) is 4.98. The Labute approximate surface area is 142 Å². The minimum Gasteiger partial charge on any atom is -0.375 e. The number of benzene rings is 2. The number of hydrogen-bond donors (Lipinski definition) is 1. The highest BCUT2D eigenvalue weighted by Crippen LogP contribution is 2.33. The molecule has 0 fully saturated rings. The fourth-order valence-corrected chi connectivity index (χ4v) is 3.14. The molecule has 3 aromatic rings. The van der Waals surface area contributed by atoms with E-state index in [1.165, 1.54) is 24.5 Å². The van der Waals surface area contributed by atoms with Crippen LogP contribution in [0.2, 0.25) is 0 Å². The highest BCUT2D eigenvalue weighted by atomic mass is 32.1. The third-order valence-electron chi connectivity index (χ3n) is 3.36. The van der Waals surface area contributed by atoms with Crippen molar-refractivity contribution in [2.24, 2.45) is 0 Å². The van der Waals surface area contributed by atoms with Crippen LogP contribution in [0.25, 0.3) is 21.8 Å². The molecule has 0 saturated carbocycles. The van der Waals surface area contributed by atoms with Crippen molar-refractivity contribution in [2.45, 2.75) is 0 Å². The van der Waals surface area contributed by atoms with Crippen LogP contribution in [0.1, 0.15) is 0 Å². The Morgan fingerprint density at radius 2 is 1.88 bits per heavy atom. The van der Waals surface area contributed by atoms with Crippen LogP contribution >= 0.6 is 11.3 Å². The van der Waals surface area contributed by atoms with Gasteiger partial charge in [-0.1, -0.05) is 30.3 Å². The number of amides is 1. The number of ether oxygens (including phenoxy) is 1. The maximum Gasteiger partial charge on any atom is 0.250 e. The van der Waals surface area contributed by atoms with E-state index in [0.717, 1.165) is 5.56 Å². The molecule has 0 bridgehead atoms. The standard InChI is InChI=1S/C18H15FN2O2S/c1-23-10-17(22)20-15-9-5-3-7-13(15)16-11-24-18(21-16)12-6-2-4-8-14(12)19/h2-9,11H,10H2,1H3,(H,20,22). The number of carbonyl (C=O) groups excluding carboxylic acids is 1. The summed E-state index contributed by atoms with van der Waals surface area (Å²) in [6.45, 7) is -0.0219. The maximum absolute atomic E-state index is 13.9. The van der Waals surface area contributed by atoms with E-state index in [1.807, 2.05) is 23.6 Å². The number of anilines is 1. The average Bonchev–Trinajstić information content (AvgIpc) is 3.05. The molecule has 2 aromatic carbocycles. The van der Waals surface area contributed by atoms with Gasteiger partial charge in [-0.2, -0.15) is 0 Å². The summed E-state index contributed by atoms with van der Waals surface area (Å²) in [6.07, 6.45) is 0. The van der Waals surface area contributed by atoms with Crippen LogP contribution in [0.4, 0.5) is 10.1 Å². The number of thiazole rings is 1. The van der Waals surface area contributed by atoms with Crippen molar-refractivity contribution >= 4 is 22.9 Å². The van der Waals surface area contributed by atoms with Gasteiger partial charge >= 0.3 is 0 Å². The molecule has 0 unspecified atom stereocenters. The first kappa shape index (κ1) is 16.3. The lowest BCUT2D eigenvalue weighted by Gasteiger charge is -2.09. The zero-order valence-electron chi connectivity index (χ0n) is 13.0. The smallest absolute Gasteiger partial charge is 0.250 e. The van der Waals surface area contributed by atoms with Crippen molar-refractivity contribution in [3.8, 4) is 21.8 Å². The predicted octanol–water partition coefficient (Wildman–Crippen LogP) is 4.20. The van der Waals surface area contributed by atoms with Crippen LogP contribution in [0, 0.1) is 5.82 Å². The normalized spacial score (nSPS) is 10.6. The van der Waals surface area contributed by atoms with Crippen molar-refractivity contribution in [2.75, 3.05) is 19.0 Å². The molecule has 24 heavy (non-hydrogen) atoms. The van der Waals surface area contributed by atoms with Crippen molar-refractivity contribution in [1.82, 2.24) is 4.98 Å². The van der Waals surface area contributed by atoms with Gasteiger partial charge in [-0.15, -0.1) is 11.3 Å². The molecule has 0 aliphatic heterocycles. The second-order valence-corrected chi connectivity index (χ2v) is 5.90. The van der Waals surface area contributed by atoms with E-state index < -0.39 is 0 Å². The molecule has 0 aliphatic rings. The minimum absolute atomic E-state index is 0.0219. The van der Waals surface area contributed by atoms with Gasteiger partial charge in [-0.3, -0.25) is 4.79 Å². The third-order valence-corrected chi connectivity index (χ3v) is 4.24. The number of aromatic nitrogens is 1. The third kappa shape index (κ3) is 3.50. The molecule has 122 valence electrons. The van der Waals surface area contributed by atoms with Gasteiger partial charge in [0.25, 0.3) is 0 Å². The van der Waals surface area contributed by atoms with E-state index in [1.54, 1.807) is 24.3 Å². The molecule has 4 nitrogen and oxygen atoms in total. The van der Waals surface area contributed by atoms with Crippen LogP contribution in [0.3, 0.4) is 0 Å². The van der Waals surface area contributed by atoms with Gasteiger partial charge in [-0.25, -0.2) is 9.37 Å². The molecule has 0 spiro atoms. The first-order valence-corrected chi connectivity index (χ1v) is 8.15. The van der Waals surface area contributed by atoms with E-state index >= 15 is 0 Å². The molecular formula is C18H15FN2O2S. The van der Waals surface area contributed by atoms with Gasteiger partial charge in [0.05, 0.1) is 11.4 Å². The molecule has 0 radical (unpaired) electrons. The summed E-state index contributed by atoms with van der Waals surface area (Å²) in [5, 5.41) is 5.25. The average molecular weight is 342 g/mol. The van der Waals surface area contributed by atoms with Crippen LogP contribution in [-0.2, 0) is 9.53 Å². The van der Waals surface area contributed by atoms with E-state index in [-0.39, 0.29) is 18.3 Å². The number of nitrogens with zero attached hydrogens (tertiary/aromatic N) is 1. The molecule has 1 amide bonds. The van der Waals surface area contributed by atoms with Crippen LogP contribution in [0.5, 0.6) is 0 Å². The number of hydrogen-bond acceptors (Lipinski definition) is 4. The van der Waals surface area contributed by atoms with E-state index in [2.05, 4.69) is 10.3 Å². The van der Waals surface area contributed by atoms with Crippen LogP contribution < -0.4 is 5.32 Å². The summed E-state index contributed by atoms with van der Waals surface area (Å²) < 4.78 is 18.7. The van der Waals surface area contributed by atoms with Gasteiger partial charge in [-0.05, 0) is 18.2 Å². The Balaban J connectivity index is 1.93. The number of halogens is 1. The van der Waals surface area contributed by atoms with Gasteiger partial charge in [0.15, 0.2) is 0 Å². The first-order chi connectivity index (χ1) is 11.7. The first-order valence-electron chi connectivity index (χ1n) is 7.27. The number of para-hydroxylation sites is 1. The van der Waals surface area contributed by atoms with Gasteiger partial charge in [0.2, 0.25) is 5.91 Å². The second-order valence-electron chi connectivity index (χ2n) is 5.04. The summed E-state index contributed by atoms with van der Waals surface area (Å²) in [6, 6.07) is 13.9. The fourth-order valence-electron chi connectivity index (χ4n) is 2.29. The molecule has 1 heterocycles. The van der Waals surface area contributed by atoms with Gasteiger partial charge in [0.1, 0.15) is 17.4 Å². The Morgan fingerprint density at radius 3 is 2.62 bits per heavy atom. The van der Waals surface area contributed by atoms with Gasteiger partial charge < -0.3 is 10.1 Å². The number of carbonyl (C=O) groups is 1. The van der Waals surface area contributed by atoms with Crippen molar-refractivity contribution < 1.29 is 13.9 Å². The molecule has 0 atom stereocenters. The van der Waals surface area contributed by atoms with Crippen molar-refractivity contribution in [1.29, 1.82) is 0 Å². The van der Waals surface area contributed by atoms with Crippen molar-refractivity contribution in [3.05, 3.63) is 59.7 Å². The topological polar surface area (TPSA) is 51.2 Å². The largest absolute Gasteiger partial charge is 0.375 e. The Bertz CT molecular complexity index is 863. The predicted molar refractivity (Wildman–Crippen MR) is 93.4 cm³/mol. The van der Waals surface area contributed by atoms with E-state index in [0.29, 0.717) is 22.0 Å². The molecule has 1 aromatic heterocycles. The second kappa shape index (κ2) is 7.33. The van der Waals surface area contributed by atoms with Crippen LogP contribution in [0.15, 0.2) is 53.9 Å². The summed E-state index contributed by atoms with van der Waals surface area (Å²) in [5.41, 5.74) is 2.58. The summed E-state index contributed by atoms with van der Waals surface area (Å²) in [7, 11) is 1.46. The van der Waals surface area contributed by atoms with E-state index in [4.69, 9.17) is 4.74 Å².